The van der Waals surface area contributed by atoms with E-state index in [9.17, 15) is 14.7 Å². The van der Waals surface area contributed by atoms with E-state index in [2.05, 4.69) is 18.8 Å². The Kier molecular flexibility index (Phi) is 6.76. The molecule has 2 N–H and O–H groups in total. The minimum absolute atomic E-state index is 0.0260. The van der Waals surface area contributed by atoms with Gasteiger partial charge in [-0.05, 0) is 67.8 Å². The molecule has 0 aliphatic carbocycles. The average Bonchev–Trinajstić information content (AvgIpc) is 3.34. The van der Waals surface area contributed by atoms with E-state index in [0.717, 1.165) is 27.7 Å². The number of halogens is 1. The van der Waals surface area contributed by atoms with Gasteiger partial charge in [0.05, 0.1) is 18.2 Å². The number of carbonyl (C=O) groups is 2. The summed E-state index contributed by atoms with van der Waals surface area (Å²) in [5.74, 6) is -0.642. The molecule has 7 heteroatoms. The summed E-state index contributed by atoms with van der Waals surface area (Å²) in [4.78, 5) is 31.9. The number of hydrogen-bond acceptors (Lipinski definition) is 4. The molecule has 1 amide bonds. The second-order valence-corrected chi connectivity index (χ2v) is 10.5. The second kappa shape index (κ2) is 10.0. The van der Waals surface area contributed by atoms with Crippen molar-refractivity contribution in [3.8, 4) is 5.75 Å². The van der Waals surface area contributed by atoms with Gasteiger partial charge in [-0.3, -0.25) is 14.5 Å². The van der Waals surface area contributed by atoms with Crippen LogP contribution in [0.25, 0.3) is 16.7 Å². The smallest absolute Gasteiger partial charge is 0.300 e. The van der Waals surface area contributed by atoms with E-state index in [1.807, 2.05) is 38.1 Å². The van der Waals surface area contributed by atoms with Gasteiger partial charge in [0.2, 0.25) is 0 Å². The van der Waals surface area contributed by atoms with Crippen LogP contribution < -0.4 is 9.64 Å². The minimum atomic E-state index is -0.859. The van der Waals surface area contributed by atoms with Crippen LogP contribution in [0.1, 0.15) is 42.3 Å². The molecule has 194 valence electrons. The van der Waals surface area contributed by atoms with E-state index in [1.54, 1.807) is 42.5 Å². The molecule has 1 saturated heterocycles. The Bertz CT molecular complexity index is 1600. The Morgan fingerprint density at radius 1 is 1.05 bits per heavy atom. The summed E-state index contributed by atoms with van der Waals surface area (Å²) in [5.41, 5.74) is 4.17. The van der Waals surface area contributed by atoms with Gasteiger partial charge in [-0.2, -0.15) is 0 Å². The first-order valence-electron chi connectivity index (χ1n) is 12.5. The number of ketones is 1. The molecule has 0 spiro atoms. The van der Waals surface area contributed by atoms with Gasteiger partial charge in [0.1, 0.15) is 11.5 Å². The maximum atomic E-state index is 13.6. The zero-order valence-electron chi connectivity index (χ0n) is 21.7. The van der Waals surface area contributed by atoms with Crippen LogP contribution in [0.3, 0.4) is 0 Å². The van der Waals surface area contributed by atoms with Gasteiger partial charge in [-0.15, -0.1) is 0 Å². The lowest BCUT2D eigenvalue weighted by molar-refractivity contribution is -0.132. The minimum Gasteiger partial charge on any atom is -0.507 e. The van der Waals surface area contributed by atoms with E-state index in [4.69, 9.17) is 16.3 Å². The van der Waals surface area contributed by atoms with Crippen molar-refractivity contribution in [1.29, 1.82) is 0 Å². The number of para-hydroxylation sites is 1. The molecule has 38 heavy (non-hydrogen) atoms. The van der Waals surface area contributed by atoms with Crippen molar-refractivity contribution >= 4 is 45.6 Å². The number of carbonyl (C=O) groups excluding carboxylic acids is 2. The number of amides is 1. The summed E-state index contributed by atoms with van der Waals surface area (Å²) in [6, 6.07) is 18.9. The summed E-state index contributed by atoms with van der Waals surface area (Å²) >= 11 is 6.28. The first-order chi connectivity index (χ1) is 18.2. The van der Waals surface area contributed by atoms with Crippen molar-refractivity contribution in [2.24, 2.45) is 5.92 Å². The number of H-pyrrole nitrogens is 1. The maximum Gasteiger partial charge on any atom is 0.300 e. The van der Waals surface area contributed by atoms with Crippen LogP contribution in [0.15, 0.2) is 72.3 Å². The van der Waals surface area contributed by atoms with E-state index < -0.39 is 17.7 Å². The highest BCUT2D eigenvalue weighted by atomic mass is 35.5. The monoisotopic (exact) mass is 528 g/mol. The molecular weight excluding hydrogens is 500 g/mol. The highest BCUT2D eigenvalue weighted by molar-refractivity contribution is 6.52. The predicted octanol–water partition coefficient (Wildman–Crippen LogP) is 7.10. The summed E-state index contributed by atoms with van der Waals surface area (Å²) in [6.45, 7) is 8.50. The van der Waals surface area contributed by atoms with E-state index in [-0.39, 0.29) is 11.3 Å². The van der Waals surface area contributed by atoms with Crippen LogP contribution in [0.5, 0.6) is 5.75 Å². The van der Waals surface area contributed by atoms with Crippen molar-refractivity contribution in [1.82, 2.24) is 4.98 Å². The molecule has 5 rings (SSSR count). The molecule has 0 bridgehead atoms. The van der Waals surface area contributed by atoms with Gasteiger partial charge in [-0.1, -0.05) is 49.7 Å². The quantitative estimate of drug-likeness (QED) is 0.159. The SMILES string of the molecule is Cc1cc(/C(O)=C2\C(=O)C(=O)N(c3cccc(Cl)c3)C2c2c(C)[nH]c3ccccc23)ccc1OCC(C)C. The number of aromatic amines is 1. The van der Waals surface area contributed by atoms with E-state index >= 15 is 0 Å². The Labute approximate surface area is 226 Å². The van der Waals surface area contributed by atoms with Crippen molar-refractivity contribution in [3.63, 3.8) is 0 Å². The number of hydrogen-bond donors (Lipinski definition) is 2. The molecule has 1 aromatic heterocycles. The normalized spacial score (nSPS) is 17.1. The average molecular weight is 529 g/mol. The largest absolute Gasteiger partial charge is 0.507 e. The third kappa shape index (κ3) is 4.45. The van der Waals surface area contributed by atoms with Gasteiger partial charge in [0.15, 0.2) is 0 Å². The van der Waals surface area contributed by atoms with Crippen LogP contribution >= 0.6 is 11.6 Å². The Hall–Kier alpha value is -4.03. The Morgan fingerprint density at radius 2 is 1.82 bits per heavy atom. The lowest BCUT2D eigenvalue weighted by Crippen LogP contribution is -2.29. The second-order valence-electron chi connectivity index (χ2n) is 10.0. The number of aromatic nitrogens is 1. The van der Waals surface area contributed by atoms with Gasteiger partial charge >= 0.3 is 0 Å². The number of nitrogens with one attached hydrogen (secondary N) is 1. The molecule has 1 fully saturated rings. The van der Waals surface area contributed by atoms with Crippen LogP contribution in [0.2, 0.25) is 5.02 Å². The zero-order valence-corrected chi connectivity index (χ0v) is 22.5. The number of Topliss-reactive ketones (excluding diaryl/α,β-unsaturated/α-hetero) is 1. The van der Waals surface area contributed by atoms with Crippen molar-refractivity contribution in [2.75, 3.05) is 11.5 Å². The van der Waals surface area contributed by atoms with Gasteiger partial charge in [0.25, 0.3) is 11.7 Å². The van der Waals surface area contributed by atoms with E-state index in [1.165, 1.54) is 4.90 Å². The topological polar surface area (TPSA) is 82.6 Å². The molecule has 3 aromatic carbocycles. The summed E-state index contributed by atoms with van der Waals surface area (Å²) in [6.07, 6.45) is 0. The first kappa shape index (κ1) is 25.6. The molecule has 2 heterocycles. The standard InChI is InChI=1S/C31H29ClN2O4/c1-17(2)16-38-25-13-12-20(14-18(25)3)29(35)27-28(26-19(4)33-24-11-6-5-10-23(24)26)34(31(37)30(27)36)22-9-7-8-21(32)15-22/h5-15,17,28,33,35H,16H2,1-4H3/b29-27+. The Morgan fingerprint density at radius 3 is 2.53 bits per heavy atom. The Balaban J connectivity index is 1.72. The lowest BCUT2D eigenvalue weighted by Gasteiger charge is -2.26. The van der Waals surface area contributed by atoms with Gasteiger partial charge in [-0.25, -0.2) is 0 Å². The number of aliphatic hydroxyl groups is 1. The third-order valence-electron chi connectivity index (χ3n) is 6.77. The number of benzene rings is 3. The molecule has 0 radical (unpaired) electrons. The third-order valence-corrected chi connectivity index (χ3v) is 7.00. The van der Waals surface area contributed by atoms with Gasteiger partial charge < -0.3 is 14.8 Å². The number of aliphatic hydroxyl groups excluding tert-OH is 1. The summed E-state index contributed by atoms with van der Waals surface area (Å²) in [5, 5.41) is 12.9. The predicted molar refractivity (Wildman–Crippen MR) is 151 cm³/mol. The fraction of sp³-hybridized carbons (Fsp3) is 0.226. The first-order valence-corrected chi connectivity index (χ1v) is 12.9. The highest BCUT2D eigenvalue weighted by Gasteiger charge is 2.48. The van der Waals surface area contributed by atoms with Crippen LogP contribution in [0.4, 0.5) is 5.69 Å². The zero-order chi connectivity index (χ0) is 27.1. The fourth-order valence-corrected chi connectivity index (χ4v) is 5.20. The van der Waals surface area contributed by atoms with Crippen molar-refractivity contribution in [2.45, 2.75) is 33.7 Å². The van der Waals surface area contributed by atoms with Crippen LogP contribution in [0, 0.1) is 19.8 Å². The number of ether oxygens (including phenoxy) is 1. The molecule has 6 nitrogen and oxygen atoms in total. The number of fused-ring (bicyclic) bond motifs is 1. The van der Waals surface area contributed by atoms with Crippen molar-refractivity contribution < 1.29 is 19.4 Å². The van der Waals surface area contributed by atoms with E-state index in [0.29, 0.717) is 34.5 Å². The highest BCUT2D eigenvalue weighted by Crippen LogP contribution is 2.46. The molecular formula is C31H29ClN2O4. The van der Waals surface area contributed by atoms with Gasteiger partial charge in [0, 0.05) is 38.4 Å². The van der Waals surface area contributed by atoms with Crippen LogP contribution in [-0.2, 0) is 9.59 Å². The molecule has 0 saturated carbocycles. The number of anilines is 1. The molecule has 4 aromatic rings. The van der Waals surface area contributed by atoms with Crippen molar-refractivity contribution in [3.05, 3.63) is 99.7 Å². The molecule has 1 atom stereocenters. The number of rotatable bonds is 6. The maximum absolute atomic E-state index is 13.6. The molecule has 1 aliphatic heterocycles. The lowest BCUT2D eigenvalue weighted by atomic mass is 9.92. The van der Waals surface area contributed by atoms with Crippen LogP contribution in [-0.4, -0.2) is 28.4 Å². The fourth-order valence-electron chi connectivity index (χ4n) is 5.02. The number of aryl methyl sites for hydroxylation is 2. The summed E-state index contributed by atoms with van der Waals surface area (Å²) < 4.78 is 5.88. The molecule has 1 aliphatic rings. The molecule has 1 unspecified atom stereocenters. The number of nitrogens with zero attached hydrogens (tertiary/aromatic N) is 1. The summed E-state index contributed by atoms with van der Waals surface area (Å²) in [7, 11) is 0.